The van der Waals surface area contributed by atoms with Crippen LogP contribution < -0.4 is 5.73 Å². The highest BCUT2D eigenvalue weighted by atomic mass is 35.5. The molecule has 0 bridgehead atoms. The smallest absolute Gasteiger partial charge is 0.115 e. The summed E-state index contributed by atoms with van der Waals surface area (Å²) in [5.74, 6) is 2.26. The van der Waals surface area contributed by atoms with E-state index in [4.69, 9.17) is 17.3 Å². The number of H-pyrrole nitrogens is 1. The molecule has 3 aromatic rings. The molecule has 0 amide bonds. The monoisotopic (exact) mass is 301 g/mol. The molecule has 0 aliphatic carbocycles. The zero-order valence-electron chi connectivity index (χ0n) is 10.6. The maximum Gasteiger partial charge on any atom is 0.115 e. The summed E-state index contributed by atoms with van der Waals surface area (Å²) < 4.78 is 0. The van der Waals surface area contributed by atoms with E-state index in [1.165, 1.54) is 10.5 Å². The number of benzene rings is 2. The first kappa shape index (κ1) is 12.1. The van der Waals surface area contributed by atoms with Crippen LogP contribution in [0, 0.1) is 0 Å². The van der Waals surface area contributed by atoms with E-state index in [0.717, 1.165) is 22.6 Å². The second-order valence-corrected chi connectivity index (χ2v) is 6.41. The number of nitrogen functional groups attached to an aromatic ring is 1. The zero-order valence-corrected chi connectivity index (χ0v) is 12.1. The van der Waals surface area contributed by atoms with E-state index in [9.17, 15) is 0 Å². The topological polar surface area (TPSA) is 54.7 Å². The fourth-order valence-electron chi connectivity index (χ4n) is 2.68. The van der Waals surface area contributed by atoms with E-state index in [1.54, 1.807) is 6.07 Å². The van der Waals surface area contributed by atoms with Gasteiger partial charge >= 0.3 is 0 Å². The Hall–Kier alpha value is -1.65. The number of aromatic nitrogens is 2. The predicted octanol–water partition coefficient (Wildman–Crippen LogP) is 4.04. The van der Waals surface area contributed by atoms with Gasteiger partial charge in [-0.05, 0) is 23.8 Å². The molecule has 0 fully saturated rings. The molecule has 1 aromatic heterocycles. The van der Waals surface area contributed by atoms with E-state index in [2.05, 4.69) is 34.2 Å². The van der Waals surface area contributed by atoms with Crippen LogP contribution in [-0.2, 0) is 0 Å². The van der Waals surface area contributed by atoms with Gasteiger partial charge in [0.1, 0.15) is 11.3 Å². The van der Waals surface area contributed by atoms with Crippen LogP contribution in [0.2, 0.25) is 5.02 Å². The molecule has 0 spiro atoms. The molecule has 1 aliphatic heterocycles. The van der Waals surface area contributed by atoms with Gasteiger partial charge in [0, 0.05) is 15.7 Å². The van der Waals surface area contributed by atoms with Gasteiger partial charge in [0.2, 0.25) is 0 Å². The van der Waals surface area contributed by atoms with Crippen LogP contribution in [0.1, 0.15) is 17.3 Å². The van der Waals surface area contributed by atoms with Gasteiger partial charge in [-0.2, -0.15) is 0 Å². The lowest BCUT2D eigenvalue weighted by Gasteiger charge is -2.06. The van der Waals surface area contributed by atoms with Crippen LogP contribution in [0.3, 0.4) is 0 Å². The van der Waals surface area contributed by atoms with Crippen LogP contribution in [0.5, 0.6) is 0 Å². The average molecular weight is 302 g/mol. The molecular weight excluding hydrogens is 290 g/mol. The van der Waals surface area contributed by atoms with Gasteiger partial charge in [-0.15, -0.1) is 11.8 Å². The van der Waals surface area contributed by atoms with Gasteiger partial charge in [0.05, 0.1) is 17.1 Å². The summed E-state index contributed by atoms with van der Waals surface area (Å²) in [4.78, 5) is 9.39. The molecule has 1 unspecified atom stereocenters. The van der Waals surface area contributed by atoms with Gasteiger partial charge < -0.3 is 10.7 Å². The largest absolute Gasteiger partial charge is 0.397 e. The Bertz CT molecular complexity index is 812. The molecule has 0 saturated heterocycles. The van der Waals surface area contributed by atoms with Gasteiger partial charge in [-0.1, -0.05) is 29.8 Å². The standard InChI is InChI=1S/C15H12ClN3S/c16-8-5-11(17)14-12(6-8)18-15(19-14)10-7-20-13-4-2-1-3-9(10)13/h1-6,10H,7,17H2,(H,18,19). The predicted molar refractivity (Wildman–Crippen MR) is 84.5 cm³/mol. The molecule has 2 aromatic carbocycles. The first-order chi connectivity index (χ1) is 9.72. The van der Waals surface area contributed by atoms with E-state index in [-0.39, 0.29) is 0 Å². The summed E-state index contributed by atoms with van der Waals surface area (Å²) in [6.45, 7) is 0. The van der Waals surface area contributed by atoms with Crippen molar-refractivity contribution in [1.82, 2.24) is 9.97 Å². The fraction of sp³-hybridized carbons (Fsp3) is 0.133. The number of halogens is 1. The number of imidazole rings is 1. The number of nitrogens with two attached hydrogens (primary N) is 1. The lowest BCUT2D eigenvalue weighted by molar-refractivity contribution is 0.859. The highest BCUT2D eigenvalue weighted by molar-refractivity contribution is 7.99. The average Bonchev–Trinajstić information content (AvgIpc) is 3.01. The van der Waals surface area contributed by atoms with Crippen molar-refractivity contribution in [2.45, 2.75) is 10.8 Å². The second-order valence-electron chi connectivity index (χ2n) is 4.91. The summed E-state index contributed by atoms with van der Waals surface area (Å²) >= 11 is 7.91. The van der Waals surface area contributed by atoms with Crippen molar-refractivity contribution in [2.75, 3.05) is 11.5 Å². The Morgan fingerprint density at radius 1 is 1.30 bits per heavy atom. The molecule has 0 radical (unpaired) electrons. The van der Waals surface area contributed by atoms with E-state index in [0.29, 0.717) is 16.6 Å². The summed E-state index contributed by atoms with van der Waals surface area (Å²) in [7, 11) is 0. The minimum Gasteiger partial charge on any atom is -0.397 e. The molecule has 2 heterocycles. The maximum absolute atomic E-state index is 6.04. The molecule has 1 atom stereocenters. The normalized spacial score (nSPS) is 17.6. The lowest BCUT2D eigenvalue weighted by Crippen LogP contribution is -2.01. The van der Waals surface area contributed by atoms with E-state index in [1.807, 2.05) is 17.8 Å². The fourth-order valence-corrected chi connectivity index (χ4v) is 4.14. The Morgan fingerprint density at radius 3 is 3.05 bits per heavy atom. The number of rotatable bonds is 1. The van der Waals surface area contributed by atoms with Crippen molar-refractivity contribution in [3.63, 3.8) is 0 Å². The van der Waals surface area contributed by atoms with Gasteiger partial charge in [-0.3, -0.25) is 0 Å². The third kappa shape index (κ3) is 1.79. The van der Waals surface area contributed by atoms with Crippen molar-refractivity contribution in [2.24, 2.45) is 0 Å². The number of nitrogens with one attached hydrogen (secondary N) is 1. The van der Waals surface area contributed by atoms with E-state index < -0.39 is 0 Å². The lowest BCUT2D eigenvalue weighted by atomic mass is 10.0. The van der Waals surface area contributed by atoms with Crippen molar-refractivity contribution in [3.05, 3.63) is 52.8 Å². The summed E-state index contributed by atoms with van der Waals surface area (Å²) in [6, 6.07) is 12.1. The Kier molecular flexibility index (Phi) is 2.69. The number of aromatic amines is 1. The maximum atomic E-state index is 6.04. The first-order valence-electron chi connectivity index (χ1n) is 6.39. The highest BCUT2D eigenvalue weighted by Crippen LogP contribution is 2.42. The summed E-state index contributed by atoms with van der Waals surface area (Å²) in [6.07, 6.45) is 0. The van der Waals surface area contributed by atoms with Crippen LogP contribution in [-0.4, -0.2) is 15.7 Å². The van der Waals surface area contributed by atoms with Crippen LogP contribution >= 0.6 is 23.4 Å². The van der Waals surface area contributed by atoms with E-state index >= 15 is 0 Å². The minimum absolute atomic E-state index is 0.293. The van der Waals surface area contributed by atoms with Crippen LogP contribution in [0.15, 0.2) is 41.3 Å². The first-order valence-corrected chi connectivity index (χ1v) is 7.75. The van der Waals surface area contributed by atoms with Crippen molar-refractivity contribution < 1.29 is 0 Å². The molecule has 5 heteroatoms. The number of anilines is 1. The second kappa shape index (κ2) is 4.43. The Balaban J connectivity index is 1.86. The van der Waals surface area contributed by atoms with Gasteiger partial charge in [-0.25, -0.2) is 4.98 Å². The van der Waals surface area contributed by atoms with Crippen molar-refractivity contribution >= 4 is 40.1 Å². The quantitative estimate of drug-likeness (QED) is 0.667. The molecule has 0 saturated carbocycles. The molecular formula is C15H12ClN3S. The van der Waals surface area contributed by atoms with Crippen LogP contribution in [0.25, 0.3) is 11.0 Å². The number of fused-ring (bicyclic) bond motifs is 2. The molecule has 4 rings (SSSR count). The summed E-state index contributed by atoms with van der Waals surface area (Å²) in [5, 5.41) is 0.631. The minimum atomic E-state index is 0.293. The van der Waals surface area contributed by atoms with Crippen molar-refractivity contribution in [1.29, 1.82) is 0 Å². The molecule has 3 nitrogen and oxygen atoms in total. The third-order valence-corrected chi connectivity index (χ3v) is 5.03. The molecule has 1 aliphatic rings. The Morgan fingerprint density at radius 2 is 2.15 bits per heavy atom. The van der Waals surface area contributed by atoms with Crippen molar-refractivity contribution in [3.8, 4) is 0 Å². The molecule has 100 valence electrons. The number of nitrogens with zero attached hydrogens (tertiary/aromatic N) is 1. The Labute approximate surface area is 125 Å². The summed E-state index contributed by atoms with van der Waals surface area (Å²) in [5.41, 5.74) is 9.65. The zero-order chi connectivity index (χ0) is 13.7. The third-order valence-electron chi connectivity index (χ3n) is 3.63. The molecule has 20 heavy (non-hydrogen) atoms. The number of thioether (sulfide) groups is 1. The SMILES string of the molecule is Nc1cc(Cl)cc2[nH]c(C3CSc4ccccc43)nc12. The van der Waals surface area contributed by atoms with Gasteiger partial charge in [0.15, 0.2) is 0 Å². The van der Waals surface area contributed by atoms with Crippen LogP contribution in [0.4, 0.5) is 5.69 Å². The van der Waals surface area contributed by atoms with Gasteiger partial charge in [0.25, 0.3) is 0 Å². The number of hydrogen-bond acceptors (Lipinski definition) is 3. The molecule has 3 N–H and O–H groups in total. The highest BCUT2D eigenvalue weighted by Gasteiger charge is 2.27. The number of hydrogen-bond donors (Lipinski definition) is 2.